The van der Waals surface area contributed by atoms with Crippen molar-refractivity contribution in [1.82, 2.24) is 9.80 Å². The summed E-state index contributed by atoms with van der Waals surface area (Å²) in [7, 11) is 2.03. The zero-order valence-corrected chi connectivity index (χ0v) is 13.3. The fraction of sp³-hybridized carbons (Fsp3) is 0.429. The number of rotatable bonds is 4. The van der Waals surface area contributed by atoms with Crippen LogP contribution in [-0.4, -0.2) is 66.6 Å². The molecule has 2 rings (SSSR count). The fourth-order valence-electron chi connectivity index (χ4n) is 2.04. The van der Waals surface area contributed by atoms with Crippen molar-refractivity contribution in [3.63, 3.8) is 0 Å². The van der Waals surface area contributed by atoms with Gasteiger partial charge in [-0.3, -0.25) is 4.79 Å². The Balaban J connectivity index is 1.91. The molecule has 0 aromatic heterocycles. The zero-order valence-electron chi connectivity index (χ0n) is 11.7. The number of aromatic carboxylic acids is 1. The molecular formula is C14H17BrN2O4. The summed E-state index contributed by atoms with van der Waals surface area (Å²) in [5, 5.41) is 8.88. The van der Waals surface area contributed by atoms with Gasteiger partial charge in [0.1, 0.15) is 5.75 Å². The first kappa shape index (κ1) is 15.8. The van der Waals surface area contributed by atoms with Gasteiger partial charge in [0.2, 0.25) is 0 Å². The number of amides is 1. The van der Waals surface area contributed by atoms with Gasteiger partial charge in [0.05, 0.1) is 10.0 Å². The summed E-state index contributed by atoms with van der Waals surface area (Å²) in [5.74, 6) is -0.601. The number of halogens is 1. The molecule has 1 N–H and O–H groups in total. The van der Waals surface area contributed by atoms with Gasteiger partial charge in [-0.25, -0.2) is 4.79 Å². The lowest BCUT2D eigenvalue weighted by molar-refractivity contribution is -0.134. The van der Waals surface area contributed by atoms with E-state index in [-0.39, 0.29) is 18.1 Å². The van der Waals surface area contributed by atoms with Crippen LogP contribution in [0.1, 0.15) is 10.4 Å². The van der Waals surface area contributed by atoms with E-state index in [2.05, 4.69) is 20.8 Å². The number of nitrogens with zero attached hydrogens (tertiary/aromatic N) is 2. The molecule has 1 fully saturated rings. The van der Waals surface area contributed by atoms with Crippen LogP contribution in [0.2, 0.25) is 0 Å². The minimum absolute atomic E-state index is 0.0469. The molecule has 0 saturated carbocycles. The number of hydrogen-bond donors (Lipinski definition) is 1. The van der Waals surface area contributed by atoms with Crippen molar-refractivity contribution in [2.24, 2.45) is 0 Å². The number of piperazine rings is 1. The maximum Gasteiger partial charge on any atom is 0.335 e. The molecular weight excluding hydrogens is 340 g/mol. The van der Waals surface area contributed by atoms with Gasteiger partial charge in [0.15, 0.2) is 6.61 Å². The molecule has 114 valence electrons. The average molecular weight is 357 g/mol. The molecule has 6 nitrogen and oxygen atoms in total. The lowest BCUT2D eigenvalue weighted by atomic mass is 10.2. The summed E-state index contributed by atoms with van der Waals surface area (Å²) in [4.78, 5) is 26.8. The van der Waals surface area contributed by atoms with Crippen LogP contribution >= 0.6 is 15.9 Å². The highest BCUT2D eigenvalue weighted by Gasteiger charge is 2.19. The van der Waals surface area contributed by atoms with Gasteiger partial charge in [-0.05, 0) is 41.2 Å². The average Bonchev–Trinajstić information content (AvgIpc) is 2.46. The fourth-order valence-corrected chi connectivity index (χ4v) is 2.53. The summed E-state index contributed by atoms with van der Waals surface area (Å²) in [6, 6.07) is 4.45. The van der Waals surface area contributed by atoms with Gasteiger partial charge in [-0.15, -0.1) is 0 Å². The van der Waals surface area contributed by atoms with E-state index in [4.69, 9.17) is 9.84 Å². The second kappa shape index (κ2) is 6.91. The van der Waals surface area contributed by atoms with Crippen LogP contribution in [0.3, 0.4) is 0 Å². The predicted octanol–water partition coefficient (Wildman–Crippen LogP) is 1.30. The predicted molar refractivity (Wildman–Crippen MR) is 80.7 cm³/mol. The molecule has 0 spiro atoms. The molecule has 1 aliphatic rings. The Morgan fingerprint density at radius 3 is 2.52 bits per heavy atom. The number of carboxylic acid groups (broad SMARTS) is 1. The Labute approximate surface area is 131 Å². The van der Waals surface area contributed by atoms with Crippen LogP contribution in [0.5, 0.6) is 5.75 Å². The molecule has 7 heteroatoms. The van der Waals surface area contributed by atoms with E-state index in [1.165, 1.54) is 12.1 Å². The molecule has 21 heavy (non-hydrogen) atoms. The van der Waals surface area contributed by atoms with Crippen molar-refractivity contribution in [3.05, 3.63) is 28.2 Å². The molecule has 1 heterocycles. The van der Waals surface area contributed by atoms with E-state index >= 15 is 0 Å². The maximum atomic E-state index is 12.0. The number of likely N-dealkylation sites (N-methyl/N-ethyl adjacent to an activating group) is 1. The number of carbonyl (C=O) groups is 2. The van der Waals surface area contributed by atoms with Gasteiger partial charge in [0.25, 0.3) is 5.91 Å². The molecule has 0 atom stereocenters. The maximum absolute atomic E-state index is 12.0. The largest absolute Gasteiger partial charge is 0.483 e. The molecule has 1 aromatic carbocycles. The second-order valence-electron chi connectivity index (χ2n) is 4.92. The standard InChI is InChI=1S/C14H17BrN2O4/c1-16-4-6-17(7-5-16)13(18)9-21-12-3-2-10(14(19)20)8-11(12)15/h2-3,8H,4-7,9H2,1H3,(H,19,20). The molecule has 0 radical (unpaired) electrons. The van der Waals surface area contributed by atoms with Gasteiger partial charge in [-0.2, -0.15) is 0 Å². The Morgan fingerprint density at radius 1 is 1.29 bits per heavy atom. The molecule has 1 aromatic rings. The highest BCUT2D eigenvalue weighted by atomic mass is 79.9. The van der Waals surface area contributed by atoms with E-state index in [1.807, 2.05) is 7.05 Å². The molecule has 1 amide bonds. The second-order valence-corrected chi connectivity index (χ2v) is 5.78. The Bertz CT molecular complexity index is 542. The van der Waals surface area contributed by atoms with Crippen LogP contribution in [0.25, 0.3) is 0 Å². The van der Waals surface area contributed by atoms with E-state index in [1.54, 1.807) is 11.0 Å². The highest BCUT2D eigenvalue weighted by Crippen LogP contribution is 2.26. The summed E-state index contributed by atoms with van der Waals surface area (Å²) in [6.45, 7) is 3.09. The third-order valence-corrected chi connectivity index (χ3v) is 4.01. The minimum Gasteiger partial charge on any atom is -0.483 e. The van der Waals surface area contributed by atoms with Crippen molar-refractivity contribution in [2.75, 3.05) is 39.8 Å². The van der Waals surface area contributed by atoms with Crippen LogP contribution in [-0.2, 0) is 4.79 Å². The van der Waals surface area contributed by atoms with Crippen molar-refractivity contribution in [3.8, 4) is 5.75 Å². The third kappa shape index (κ3) is 4.18. The lowest BCUT2D eigenvalue weighted by Crippen LogP contribution is -2.48. The monoisotopic (exact) mass is 356 g/mol. The first-order chi connectivity index (χ1) is 9.97. The summed E-state index contributed by atoms with van der Waals surface area (Å²) < 4.78 is 5.99. The van der Waals surface area contributed by atoms with E-state index in [0.29, 0.717) is 23.3 Å². The van der Waals surface area contributed by atoms with Crippen LogP contribution in [0.15, 0.2) is 22.7 Å². The first-order valence-electron chi connectivity index (χ1n) is 6.59. The Hall–Kier alpha value is -1.60. The normalized spacial score (nSPS) is 15.8. The molecule has 0 unspecified atom stereocenters. The van der Waals surface area contributed by atoms with Crippen molar-refractivity contribution >= 4 is 27.8 Å². The number of hydrogen-bond acceptors (Lipinski definition) is 4. The lowest BCUT2D eigenvalue weighted by Gasteiger charge is -2.32. The van der Waals surface area contributed by atoms with Crippen molar-refractivity contribution in [2.45, 2.75) is 0 Å². The number of carbonyl (C=O) groups excluding carboxylic acids is 1. The summed E-state index contributed by atoms with van der Waals surface area (Å²) >= 11 is 3.25. The molecule has 0 bridgehead atoms. The number of carboxylic acids is 1. The van der Waals surface area contributed by atoms with Gasteiger partial charge in [0, 0.05) is 26.2 Å². The Kier molecular flexibility index (Phi) is 5.19. The summed E-state index contributed by atoms with van der Waals surface area (Å²) in [5.41, 5.74) is 0.166. The smallest absolute Gasteiger partial charge is 0.335 e. The van der Waals surface area contributed by atoms with E-state index < -0.39 is 5.97 Å². The van der Waals surface area contributed by atoms with E-state index in [9.17, 15) is 9.59 Å². The molecule has 1 saturated heterocycles. The van der Waals surface area contributed by atoms with Gasteiger partial charge < -0.3 is 19.6 Å². The minimum atomic E-state index is -1.00. The highest BCUT2D eigenvalue weighted by molar-refractivity contribution is 9.10. The zero-order chi connectivity index (χ0) is 15.4. The SMILES string of the molecule is CN1CCN(C(=O)COc2ccc(C(=O)O)cc2Br)CC1. The molecule has 1 aliphatic heterocycles. The number of benzene rings is 1. The van der Waals surface area contributed by atoms with Crippen LogP contribution in [0, 0.1) is 0 Å². The topological polar surface area (TPSA) is 70.1 Å². The third-order valence-electron chi connectivity index (χ3n) is 3.39. The molecule has 0 aliphatic carbocycles. The summed E-state index contributed by atoms with van der Waals surface area (Å²) in [6.07, 6.45) is 0. The Morgan fingerprint density at radius 2 is 1.95 bits per heavy atom. The van der Waals surface area contributed by atoms with Gasteiger partial charge >= 0.3 is 5.97 Å². The van der Waals surface area contributed by atoms with Gasteiger partial charge in [-0.1, -0.05) is 0 Å². The van der Waals surface area contributed by atoms with E-state index in [0.717, 1.165) is 13.1 Å². The quantitative estimate of drug-likeness (QED) is 0.880. The van der Waals surface area contributed by atoms with Crippen LogP contribution < -0.4 is 4.74 Å². The van der Waals surface area contributed by atoms with Crippen LogP contribution in [0.4, 0.5) is 0 Å². The number of ether oxygens (including phenoxy) is 1. The van der Waals surface area contributed by atoms with Crippen molar-refractivity contribution < 1.29 is 19.4 Å². The first-order valence-corrected chi connectivity index (χ1v) is 7.38. The van der Waals surface area contributed by atoms with Crippen molar-refractivity contribution in [1.29, 1.82) is 0 Å².